The molecular formula is C14H26O3. The first-order valence-electron chi connectivity index (χ1n) is 6.79. The Kier molecular flexibility index (Phi) is 5.44. The number of carbonyl (C=O) groups is 1. The summed E-state index contributed by atoms with van der Waals surface area (Å²) in [6.07, 6.45) is 3.49. The smallest absolute Gasteiger partial charge is 0.298 e. The zero-order valence-electron chi connectivity index (χ0n) is 11.7. The van der Waals surface area contributed by atoms with Gasteiger partial charge in [0, 0.05) is 0 Å². The molecule has 0 N–H and O–H groups in total. The molecule has 3 heteroatoms. The number of hydrogen-bond acceptors (Lipinski definition) is 3. The molecule has 0 heterocycles. The van der Waals surface area contributed by atoms with E-state index in [4.69, 9.17) is 9.78 Å². The number of hydrogen-bond donors (Lipinski definition) is 0. The van der Waals surface area contributed by atoms with Crippen LogP contribution in [0.2, 0.25) is 0 Å². The molecule has 0 aliphatic heterocycles. The zero-order valence-corrected chi connectivity index (χ0v) is 11.7. The van der Waals surface area contributed by atoms with E-state index in [1.54, 1.807) is 0 Å². The summed E-state index contributed by atoms with van der Waals surface area (Å²) >= 11 is 0. The maximum absolute atomic E-state index is 11.4. The van der Waals surface area contributed by atoms with Crippen molar-refractivity contribution in [2.45, 2.75) is 60.0 Å². The van der Waals surface area contributed by atoms with Crippen molar-refractivity contribution in [1.82, 2.24) is 0 Å². The molecule has 0 aromatic carbocycles. The minimum atomic E-state index is -0.272. The lowest BCUT2D eigenvalue weighted by Crippen LogP contribution is -2.35. The van der Waals surface area contributed by atoms with Crippen LogP contribution in [-0.2, 0) is 14.6 Å². The molecule has 0 radical (unpaired) electrons. The Labute approximate surface area is 105 Å². The van der Waals surface area contributed by atoms with Gasteiger partial charge in [-0.1, -0.05) is 41.0 Å². The molecule has 0 unspecified atom stereocenters. The van der Waals surface area contributed by atoms with Crippen molar-refractivity contribution in [2.24, 2.45) is 23.7 Å². The average molecular weight is 242 g/mol. The van der Waals surface area contributed by atoms with Crippen molar-refractivity contribution in [3.63, 3.8) is 0 Å². The monoisotopic (exact) mass is 242 g/mol. The lowest BCUT2D eigenvalue weighted by atomic mass is 9.75. The van der Waals surface area contributed by atoms with E-state index in [2.05, 4.69) is 20.8 Å². The predicted molar refractivity (Wildman–Crippen MR) is 67.1 cm³/mol. The molecule has 0 spiro atoms. The van der Waals surface area contributed by atoms with Crippen molar-refractivity contribution in [2.75, 3.05) is 0 Å². The van der Waals surface area contributed by atoms with Crippen molar-refractivity contribution in [1.29, 1.82) is 0 Å². The molecule has 0 saturated heterocycles. The second kappa shape index (κ2) is 6.39. The van der Waals surface area contributed by atoms with Gasteiger partial charge in [0.05, 0.1) is 5.92 Å². The highest BCUT2D eigenvalue weighted by atomic mass is 17.2. The summed E-state index contributed by atoms with van der Waals surface area (Å²) < 4.78 is 0. The summed E-state index contributed by atoms with van der Waals surface area (Å²) in [5, 5.41) is 0. The molecule has 0 aromatic rings. The van der Waals surface area contributed by atoms with Crippen LogP contribution in [0.1, 0.15) is 53.9 Å². The van der Waals surface area contributed by atoms with E-state index >= 15 is 0 Å². The SMILES string of the molecule is CC(C)C(=O)OO[C@@H]1C[C@@H](C)CC[C@@H]1C(C)C. The molecule has 1 saturated carbocycles. The van der Waals surface area contributed by atoms with Crippen LogP contribution in [0.3, 0.4) is 0 Å². The van der Waals surface area contributed by atoms with Crippen LogP contribution in [0.15, 0.2) is 0 Å². The van der Waals surface area contributed by atoms with Crippen LogP contribution < -0.4 is 0 Å². The first-order chi connectivity index (χ1) is 7.91. The van der Waals surface area contributed by atoms with Crippen molar-refractivity contribution >= 4 is 5.97 Å². The fourth-order valence-electron chi connectivity index (χ4n) is 2.43. The molecule has 3 atom stereocenters. The third kappa shape index (κ3) is 4.30. The molecular weight excluding hydrogens is 216 g/mol. The van der Waals surface area contributed by atoms with Gasteiger partial charge in [-0.25, -0.2) is 4.79 Å². The highest BCUT2D eigenvalue weighted by molar-refractivity contribution is 5.70. The van der Waals surface area contributed by atoms with Gasteiger partial charge in [-0.05, 0) is 30.6 Å². The summed E-state index contributed by atoms with van der Waals surface area (Å²) in [4.78, 5) is 21.7. The first-order valence-corrected chi connectivity index (χ1v) is 6.79. The van der Waals surface area contributed by atoms with Crippen molar-refractivity contribution in [3.8, 4) is 0 Å². The van der Waals surface area contributed by atoms with Crippen molar-refractivity contribution in [3.05, 3.63) is 0 Å². The molecule has 17 heavy (non-hydrogen) atoms. The highest BCUT2D eigenvalue weighted by Gasteiger charge is 2.33. The standard InChI is InChI=1S/C14H26O3/c1-9(2)12-7-6-11(5)8-13(12)16-17-14(15)10(3)4/h9-13H,6-8H2,1-5H3/t11-,12+,13+/m0/s1. The van der Waals surface area contributed by atoms with Gasteiger partial charge < -0.3 is 0 Å². The minimum Gasteiger partial charge on any atom is -0.298 e. The van der Waals surface area contributed by atoms with E-state index in [1.165, 1.54) is 12.8 Å². The Morgan fingerprint density at radius 1 is 1.18 bits per heavy atom. The van der Waals surface area contributed by atoms with Crippen LogP contribution in [0.4, 0.5) is 0 Å². The molecule has 0 bridgehead atoms. The van der Waals surface area contributed by atoms with Crippen LogP contribution in [0.25, 0.3) is 0 Å². The molecule has 100 valence electrons. The Morgan fingerprint density at radius 3 is 2.35 bits per heavy atom. The molecule has 3 nitrogen and oxygen atoms in total. The number of rotatable bonds is 4. The molecule has 1 aliphatic rings. The predicted octanol–water partition coefficient (Wildman–Crippen LogP) is 3.58. The van der Waals surface area contributed by atoms with Gasteiger partial charge >= 0.3 is 5.97 Å². The Bertz CT molecular complexity index is 248. The first kappa shape index (κ1) is 14.5. The summed E-state index contributed by atoms with van der Waals surface area (Å²) in [5.74, 6) is 1.34. The Hall–Kier alpha value is -0.570. The summed E-state index contributed by atoms with van der Waals surface area (Å²) in [6.45, 7) is 10.3. The molecule has 1 rings (SSSR count). The van der Waals surface area contributed by atoms with E-state index in [1.807, 2.05) is 13.8 Å². The second-order valence-corrected chi connectivity index (χ2v) is 6.02. The van der Waals surface area contributed by atoms with Gasteiger partial charge in [-0.15, -0.1) is 0 Å². The average Bonchev–Trinajstić information content (AvgIpc) is 2.25. The quantitative estimate of drug-likeness (QED) is 0.558. The van der Waals surface area contributed by atoms with Crippen LogP contribution in [0.5, 0.6) is 0 Å². The van der Waals surface area contributed by atoms with E-state index in [0.717, 1.165) is 6.42 Å². The molecule has 1 aliphatic carbocycles. The Balaban J connectivity index is 2.49. The molecule has 0 aromatic heterocycles. The zero-order chi connectivity index (χ0) is 13.0. The maximum atomic E-state index is 11.4. The highest BCUT2D eigenvalue weighted by Crippen LogP contribution is 2.35. The molecule has 0 amide bonds. The molecule has 1 fully saturated rings. The van der Waals surface area contributed by atoms with Crippen LogP contribution in [-0.4, -0.2) is 12.1 Å². The van der Waals surface area contributed by atoms with Gasteiger partial charge in [0.25, 0.3) is 0 Å². The summed E-state index contributed by atoms with van der Waals surface area (Å²) in [5.41, 5.74) is 0. The van der Waals surface area contributed by atoms with Gasteiger partial charge in [0.15, 0.2) is 0 Å². The third-order valence-electron chi connectivity index (χ3n) is 3.69. The van der Waals surface area contributed by atoms with Crippen LogP contribution in [0, 0.1) is 23.7 Å². The Morgan fingerprint density at radius 2 is 1.82 bits per heavy atom. The fourth-order valence-corrected chi connectivity index (χ4v) is 2.43. The van der Waals surface area contributed by atoms with E-state index in [-0.39, 0.29) is 18.0 Å². The van der Waals surface area contributed by atoms with E-state index in [9.17, 15) is 4.79 Å². The topological polar surface area (TPSA) is 35.5 Å². The van der Waals surface area contributed by atoms with Crippen LogP contribution >= 0.6 is 0 Å². The van der Waals surface area contributed by atoms with Crippen molar-refractivity contribution < 1.29 is 14.6 Å². The van der Waals surface area contributed by atoms with Gasteiger partial charge in [0.1, 0.15) is 6.10 Å². The summed E-state index contributed by atoms with van der Waals surface area (Å²) in [6, 6.07) is 0. The third-order valence-corrected chi connectivity index (χ3v) is 3.69. The van der Waals surface area contributed by atoms with Gasteiger partial charge in [0.2, 0.25) is 0 Å². The maximum Gasteiger partial charge on any atom is 0.344 e. The normalized spacial score (nSPS) is 29.7. The van der Waals surface area contributed by atoms with E-state index in [0.29, 0.717) is 17.8 Å². The van der Waals surface area contributed by atoms with E-state index < -0.39 is 0 Å². The number of carbonyl (C=O) groups excluding carboxylic acids is 1. The largest absolute Gasteiger partial charge is 0.344 e. The second-order valence-electron chi connectivity index (χ2n) is 6.02. The lowest BCUT2D eigenvalue weighted by molar-refractivity contribution is -0.317. The van der Waals surface area contributed by atoms with Gasteiger partial charge in [-0.3, -0.25) is 4.89 Å². The fraction of sp³-hybridized carbons (Fsp3) is 0.929. The van der Waals surface area contributed by atoms with Gasteiger partial charge in [-0.2, -0.15) is 4.89 Å². The summed E-state index contributed by atoms with van der Waals surface area (Å²) in [7, 11) is 0. The minimum absolute atomic E-state index is 0.0708. The lowest BCUT2D eigenvalue weighted by Gasteiger charge is -2.35.